The fourth-order valence-electron chi connectivity index (χ4n) is 1.84. The van der Waals surface area contributed by atoms with Crippen LogP contribution in [-0.2, 0) is 4.74 Å². The number of carbonyl (C=O) groups excluding carboxylic acids is 1. The van der Waals surface area contributed by atoms with Crippen molar-refractivity contribution in [1.82, 2.24) is 0 Å². The summed E-state index contributed by atoms with van der Waals surface area (Å²) in [4.78, 5) is 22.3. The average molecular weight is 309 g/mol. The highest BCUT2D eigenvalue weighted by Gasteiger charge is 2.14. The fraction of sp³-hybridized carbons (Fsp3) is 0.0667. The highest BCUT2D eigenvalue weighted by Crippen LogP contribution is 2.27. The number of hydrogen-bond donors (Lipinski definition) is 1. The summed E-state index contributed by atoms with van der Waals surface area (Å²) in [5.41, 5.74) is 0.690. The van der Waals surface area contributed by atoms with Gasteiger partial charge in [-0.2, -0.15) is 0 Å². The van der Waals surface area contributed by atoms with Gasteiger partial charge < -0.3 is 9.84 Å². The summed E-state index contributed by atoms with van der Waals surface area (Å²) in [6.45, 7) is 0. The van der Waals surface area contributed by atoms with E-state index in [4.69, 9.17) is 16.7 Å². The zero-order valence-corrected chi connectivity index (χ0v) is 11.6. The molecule has 0 aliphatic rings. The standard InChI is InChI=1S/C15H10ClFO4/c1-21-15(20)11-6-8(3-5-12(11)16)9-2-4-10(14(18)19)13(17)7-9/h2-7H,1H3,(H,18,19). The first kappa shape index (κ1) is 15.0. The first-order chi connectivity index (χ1) is 9.93. The van der Waals surface area contributed by atoms with Crippen LogP contribution in [-0.4, -0.2) is 24.2 Å². The maximum Gasteiger partial charge on any atom is 0.339 e. The van der Waals surface area contributed by atoms with Gasteiger partial charge in [0.2, 0.25) is 0 Å². The first-order valence-corrected chi connectivity index (χ1v) is 6.23. The number of rotatable bonds is 3. The Hall–Kier alpha value is -2.40. The van der Waals surface area contributed by atoms with Gasteiger partial charge in [-0.05, 0) is 35.4 Å². The lowest BCUT2D eigenvalue weighted by Crippen LogP contribution is -2.03. The summed E-state index contributed by atoms with van der Waals surface area (Å²) in [5, 5.41) is 9.01. The lowest BCUT2D eigenvalue weighted by Gasteiger charge is -2.07. The van der Waals surface area contributed by atoms with E-state index >= 15 is 0 Å². The third-order valence-corrected chi connectivity index (χ3v) is 3.23. The molecule has 6 heteroatoms. The number of esters is 1. The average Bonchev–Trinajstić information content (AvgIpc) is 2.46. The van der Waals surface area contributed by atoms with Crippen LogP contribution in [0.3, 0.4) is 0 Å². The number of carboxylic acid groups (broad SMARTS) is 1. The van der Waals surface area contributed by atoms with Crippen LogP contribution in [0.4, 0.5) is 4.39 Å². The molecule has 0 fully saturated rings. The highest BCUT2D eigenvalue weighted by molar-refractivity contribution is 6.33. The summed E-state index contributed by atoms with van der Waals surface area (Å²) >= 11 is 5.90. The molecule has 0 amide bonds. The van der Waals surface area contributed by atoms with Crippen LogP contribution in [0.15, 0.2) is 36.4 Å². The van der Waals surface area contributed by atoms with E-state index < -0.39 is 23.3 Å². The molecular weight excluding hydrogens is 299 g/mol. The summed E-state index contributed by atoms with van der Waals surface area (Å²) in [6.07, 6.45) is 0. The number of aromatic carboxylic acids is 1. The van der Waals surface area contributed by atoms with Crippen molar-refractivity contribution in [2.24, 2.45) is 0 Å². The van der Waals surface area contributed by atoms with Gasteiger partial charge in [-0.15, -0.1) is 0 Å². The molecule has 4 nitrogen and oxygen atoms in total. The normalized spacial score (nSPS) is 10.2. The molecule has 0 aromatic heterocycles. The Labute approximate surface area is 124 Å². The highest BCUT2D eigenvalue weighted by atomic mass is 35.5. The van der Waals surface area contributed by atoms with E-state index in [0.717, 1.165) is 6.07 Å². The molecule has 0 aliphatic carbocycles. The number of benzene rings is 2. The largest absolute Gasteiger partial charge is 0.478 e. The first-order valence-electron chi connectivity index (χ1n) is 5.85. The van der Waals surface area contributed by atoms with Crippen LogP contribution < -0.4 is 0 Å². The molecule has 0 radical (unpaired) electrons. The molecule has 0 aliphatic heterocycles. The zero-order chi connectivity index (χ0) is 15.6. The SMILES string of the molecule is COC(=O)c1cc(-c2ccc(C(=O)O)c(F)c2)ccc1Cl. The summed E-state index contributed by atoms with van der Waals surface area (Å²) in [5.74, 6) is -2.80. The zero-order valence-electron chi connectivity index (χ0n) is 10.9. The van der Waals surface area contributed by atoms with Crippen LogP contribution in [0, 0.1) is 5.82 Å². The molecule has 0 heterocycles. The summed E-state index contributed by atoms with van der Waals surface area (Å²) < 4.78 is 18.3. The van der Waals surface area contributed by atoms with Gasteiger partial charge in [0.1, 0.15) is 5.82 Å². The van der Waals surface area contributed by atoms with E-state index in [-0.39, 0.29) is 10.6 Å². The Kier molecular flexibility index (Phi) is 4.23. The Morgan fingerprint density at radius 2 is 1.71 bits per heavy atom. The summed E-state index contributed by atoms with van der Waals surface area (Å²) in [6, 6.07) is 8.27. The predicted octanol–water partition coefficient (Wildman–Crippen LogP) is 3.63. The molecule has 0 saturated heterocycles. The van der Waals surface area contributed by atoms with Gasteiger partial charge in [-0.25, -0.2) is 14.0 Å². The second-order valence-electron chi connectivity index (χ2n) is 4.19. The summed E-state index contributed by atoms with van der Waals surface area (Å²) in [7, 11) is 1.23. The molecular formula is C15H10ClFO4. The Morgan fingerprint density at radius 1 is 1.10 bits per heavy atom. The predicted molar refractivity (Wildman–Crippen MR) is 75.1 cm³/mol. The van der Waals surface area contributed by atoms with Gasteiger partial charge in [0.25, 0.3) is 0 Å². The van der Waals surface area contributed by atoms with Crippen LogP contribution in [0.2, 0.25) is 5.02 Å². The molecule has 0 saturated carbocycles. The van der Waals surface area contributed by atoms with Gasteiger partial charge in [0.05, 0.1) is 23.3 Å². The smallest absolute Gasteiger partial charge is 0.339 e. The minimum absolute atomic E-state index is 0.152. The van der Waals surface area contributed by atoms with Gasteiger partial charge in [-0.1, -0.05) is 23.7 Å². The van der Waals surface area contributed by atoms with Crippen LogP contribution in [0.5, 0.6) is 0 Å². The van der Waals surface area contributed by atoms with Crippen molar-refractivity contribution >= 4 is 23.5 Å². The minimum Gasteiger partial charge on any atom is -0.478 e. The third kappa shape index (κ3) is 3.03. The Bertz CT molecular complexity index is 728. The minimum atomic E-state index is -1.34. The molecule has 2 rings (SSSR count). The van der Waals surface area contributed by atoms with Crippen molar-refractivity contribution in [1.29, 1.82) is 0 Å². The number of methoxy groups -OCH3 is 1. The van der Waals surface area contributed by atoms with E-state index in [0.29, 0.717) is 11.1 Å². The maximum atomic E-state index is 13.7. The molecule has 0 spiro atoms. The van der Waals surface area contributed by atoms with E-state index in [1.165, 1.54) is 31.4 Å². The lowest BCUT2D eigenvalue weighted by molar-refractivity contribution is 0.0600. The van der Waals surface area contributed by atoms with Crippen molar-refractivity contribution < 1.29 is 23.8 Å². The molecule has 0 atom stereocenters. The number of halogens is 2. The molecule has 21 heavy (non-hydrogen) atoms. The lowest BCUT2D eigenvalue weighted by atomic mass is 10.0. The van der Waals surface area contributed by atoms with Gasteiger partial charge in [0, 0.05) is 0 Å². The van der Waals surface area contributed by atoms with E-state index in [1.807, 2.05) is 0 Å². The van der Waals surface area contributed by atoms with Crippen molar-refractivity contribution in [2.45, 2.75) is 0 Å². The van der Waals surface area contributed by atoms with Crippen LogP contribution >= 0.6 is 11.6 Å². The van der Waals surface area contributed by atoms with E-state index in [2.05, 4.69) is 4.74 Å². The van der Waals surface area contributed by atoms with Crippen molar-refractivity contribution in [3.8, 4) is 11.1 Å². The molecule has 1 N–H and O–H groups in total. The van der Waals surface area contributed by atoms with Crippen molar-refractivity contribution in [3.63, 3.8) is 0 Å². The second-order valence-corrected chi connectivity index (χ2v) is 4.59. The molecule has 0 bridgehead atoms. The van der Waals surface area contributed by atoms with Crippen LogP contribution in [0.25, 0.3) is 11.1 Å². The Balaban J connectivity index is 2.50. The van der Waals surface area contributed by atoms with Gasteiger partial charge in [-0.3, -0.25) is 0 Å². The van der Waals surface area contributed by atoms with Crippen LogP contribution in [0.1, 0.15) is 20.7 Å². The number of carbonyl (C=O) groups is 2. The van der Waals surface area contributed by atoms with Gasteiger partial charge >= 0.3 is 11.9 Å². The quantitative estimate of drug-likeness (QED) is 0.879. The fourth-order valence-corrected chi connectivity index (χ4v) is 2.03. The molecule has 108 valence electrons. The monoisotopic (exact) mass is 308 g/mol. The molecule has 2 aromatic carbocycles. The van der Waals surface area contributed by atoms with Crippen molar-refractivity contribution in [3.05, 3.63) is 58.4 Å². The molecule has 2 aromatic rings. The number of carboxylic acids is 1. The number of ether oxygens (including phenoxy) is 1. The van der Waals surface area contributed by atoms with E-state index in [9.17, 15) is 14.0 Å². The topological polar surface area (TPSA) is 63.6 Å². The van der Waals surface area contributed by atoms with Crippen molar-refractivity contribution in [2.75, 3.05) is 7.11 Å². The second kappa shape index (κ2) is 5.93. The van der Waals surface area contributed by atoms with E-state index in [1.54, 1.807) is 6.07 Å². The molecule has 0 unspecified atom stereocenters. The third-order valence-electron chi connectivity index (χ3n) is 2.90. The Morgan fingerprint density at radius 3 is 2.29 bits per heavy atom. The number of hydrogen-bond acceptors (Lipinski definition) is 3. The van der Waals surface area contributed by atoms with Gasteiger partial charge in [0.15, 0.2) is 0 Å². The maximum absolute atomic E-state index is 13.7.